The van der Waals surface area contributed by atoms with Gasteiger partial charge in [-0.15, -0.1) is 0 Å². The van der Waals surface area contributed by atoms with Gasteiger partial charge in [0.25, 0.3) is 5.91 Å². The number of aromatic nitrogens is 1. The van der Waals surface area contributed by atoms with E-state index in [0.29, 0.717) is 25.1 Å². The van der Waals surface area contributed by atoms with Crippen LogP contribution in [0.2, 0.25) is 0 Å². The van der Waals surface area contributed by atoms with Gasteiger partial charge in [0.05, 0.1) is 30.5 Å². The molecule has 142 valence electrons. The van der Waals surface area contributed by atoms with Gasteiger partial charge in [-0.25, -0.2) is 4.79 Å². The molecule has 0 saturated carbocycles. The summed E-state index contributed by atoms with van der Waals surface area (Å²) < 4.78 is 4.83. The number of hydrogen-bond acceptors (Lipinski definition) is 4. The molecule has 28 heavy (non-hydrogen) atoms. The maximum Gasteiger partial charge on any atom is 0.338 e. The smallest absolute Gasteiger partial charge is 0.338 e. The lowest BCUT2D eigenvalue weighted by Gasteiger charge is -2.23. The molecule has 5 heteroatoms. The minimum atomic E-state index is -0.523. The Morgan fingerprint density at radius 2 is 1.57 bits per heavy atom. The summed E-state index contributed by atoms with van der Waals surface area (Å²) in [7, 11) is 1.31. The lowest BCUT2D eigenvalue weighted by Crippen LogP contribution is -2.34. The number of esters is 1. The van der Waals surface area contributed by atoms with Crippen LogP contribution in [0.25, 0.3) is 0 Å². The molecule has 0 atom stereocenters. The third-order valence-electron chi connectivity index (χ3n) is 4.44. The summed E-state index contributed by atoms with van der Waals surface area (Å²) in [6, 6.07) is 22.3. The minimum absolute atomic E-state index is 0.220. The average Bonchev–Trinajstić information content (AvgIpc) is 2.77. The highest BCUT2D eigenvalue weighted by Gasteiger charge is 2.22. The monoisotopic (exact) mass is 374 g/mol. The van der Waals surface area contributed by atoms with Crippen molar-refractivity contribution in [1.82, 2.24) is 9.88 Å². The van der Waals surface area contributed by atoms with Crippen LogP contribution in [0.3, 0.4) is 0 Å². The predicted molar refractivity (Wildman–Crippen MR) is 107 cm³/mol. The number of carbonyl (C=O) groups is 2. The molecule has 3 rings (SSSR count). The number of rotatable bonds is 7. The summed E-state index contributed by atoms with van der Waals surface area (Å²) >= 11 is 0. The molecule has 0 aliphatic rings. The zero-order valence-electron chi connectivity index (χ0n) is 15.7. The average molecular weight is 374 g/mol. The Hall–Kier alpha value is -3.47. The van der Waals surface area contributed by atoms with E-state index in [-0.39, 0.29) is 11.5 Å². The normalized spacial score (nSPS) is 10.3. The quantitative estimate of drug-likeness (QED) is 0.591. The maximum absolute atomic E-state index is 13.3. The van der Waals surface area contributed by atoms with Crippen molar-refractivity contribution in [3.63, 3.8) is 0 Å². The predicted octanol–water partition coefficient (Wildman–Crippen LogP) is 3.75. The highest BCUT2D eigenvalue weighted by atomic mass is 16.5. The maximum atomic E-state index is 13.3. The van der Waals surface area contributed by atoms with E-state index in [0.717, 1.165) is 11.3 Å². The van der Waals surface area contributed by atoms with Gasteiger partial charge in [-0.05, 0) is 36.2 Å². The van der Waals surface area contributed by atoms with Gasteiger partial charge in [-0.3, -0.25) is 9.78 Å². The molecule has 0 spiro atoms. The highest BCUT2D eigenvalue weighted by molar-refractivity contribution is 6.05. The molecule has 1 amide bonds. The molecule has 2 aromatic carbocycles. The van der Waals surface area contributed by atoms with E-state index in [1.807, 2.05) is 48.5 Å². The lowest BCUT2D eigenvalue weighted by molar-refractivity contribution is 0.0589. The molecule has 5 nitrogen and oxygen atoms in total. The molecule has 0 saturated heterocycles. The third-order valence-corrected chi connectivity index (χ3v) is 4.44. The fourth-order valence-electron chi connectivity index (χ4n) is 2.98. The first-order valence-electron chi connectivity index (χ1n) is 9.09. The molecule has 1 aromatic heterocycles. The van der Waals surface area contributed by atoms with E-state index in [9.17, 15) is 9.59 Å². The molecule has 0 bridgehead atoms. The number of pyridine rings is 1. The molecule has 0 fully saturated rings. The van der Waals surface area contributed by atoms with Gasteiger partial charge in [0, 0.05) is 12.7 Å². The molecule has 0 aliphatic heterocycles. The van der Waals surface area contributed by atoms with Gasteiger partial charge >= 0.3 is 5.97 Å². The Kier molecular flexibility index (Phi) is 6.52. The summed E-state index contributed by atoms with van der Waals surface area (Å²) in [6.07, 6.45) is 2.41. The Labute approximate surface area is 164 Å². The summed E-state index contributed by atoms with van der Waals surface area (Å²) in [5.74, 6) is -0.743. The largest absolute Gasteiger partial charge is 0.465 e. The number of ether oxygens (including phenoxy) is 1. The van der Waals surface area contributed by atoms with Gasteiger partial charge in [0.2, 0.25) is 0 Å². The molecular formula is C23H22N2O3. The van der Waals surface area contributed by atoms with Crippen LogP contribution in [0.4, 0.5) is 0 Å². The van der Waals surface area contributed by atoms with Crippen LogP contribution in [0.15, 0.2) is 79.0 Å². The van der Waals surface area contributed by atoms with Gasteiger partial charge in [-0.1, -0.05) is 48.5 Å². The van der Waals surface area contributed by atoms with E-state index >= 15 is 0 Å². The Balaban J connectivity index is 1.87. The zero-order valence-corrected chi connectivity index (χ0v) is 15.7. The Morgan fingerprint density at radius 3 is 2.25 bits per heavy atom. The van der Waals surface area contributed by atoms with Crippen molar-refractivity contribution < 1.29 is 14.3 Å². The fourth-order valence-corrected chi connectivity index (χ4v) is 2.98. The van der Waals surface area contributed by atoms with Gasteiger partial charge in [0.1, 0.15) is 0 Å². The van der Waals surface area contributed by atoms with Crippen molar-refractivity contribution in [1.29, 1.82) is 0 Å². The van der Waals surface area contributed by atoms with Crippen LogP contribution >= 0.6 is 0 Å². The van der Waals surface area contributed by atoms with Crippen LogP contribution in [0.5, 0.6) is 0 Å². The molecule has 0 unspecified atom stereocenters. The first-order valence-corrected chi connectivity index (χ1v) is 9.09. The van der Waals surface area contributed by atoms with E-state index in [2.05, 4.69) is 4.98 Å². The van der Waals surface area contributed by atoms with E-state index in [1.54, 1.807) is 35.4 Å². The minimum Gasteiger partial charge on any atom is -0.465 e. The topological polar surface area (TPSA) is 59.5 Å². The van der Waals surface area contributed by atoms with Crippen LogP contribution in [-0.4, -0.2) is 35.4 Å². The third kappa shape index (κ3) is 4.82. The van der Waals surface area contributed by atoms with Crippen LogP contribution in [0, 0.1) is 0 Å². The van der Waals surface area contributed by atoms with Crippen LogP contribution in [0.1, 0.15) is 32.0 Å². The molecule has 0 aliphatic carbocycles. The van der Waals surface area contributed by atoms with Gasteiger partial charge in [-0.2, -0.15) is 0 Å². The lowest BCUT2D eigenvalue weighted by atomic mass is 10.1. The number of carbonyl (C=O) groups excluding carboxylic acids is 2. The Morgan fingerprint density at radius 1 is 0.893 bits per heavy atom. The molecular weight excluding hydrogens is 352 g/mol. The van der Waals surface area contributed by atoms with Crippen molar-refractivity contribution in [3.05, 3.63) is 101 Å². The van der Waals surface area contributed by atoms with Crippen LogP contribution in [-0.2, 0) is 17.7 Å². The van der Waals surface area contributed by atoms with Crippen molar-refractivity contribution in [3.8, 4) is 0 Å². The van der Waals surface area contributed by atoms with E-state index in [1.165, 1.54) is 7.11 Å². The second kappa shape index (κ2) is 9.46. The number of methoxy groups -OCH3 is 1. The fraction of sp³-hybridized carbons (Fsp3) is 0.174. The number of benzene rings is 2. The first kappa shape index (κ1) is 19.3. The summed E-state index contributed by atoms with van der Waals surface area (Å²) in [5, 5.41) is 0. The van der Waals surface area contributed by atoms with Crippen molar-refractivity contribution in [2.75, 3.05) is 13.7 Å². The van der Waals surface area contributed by atoms with E-state index in [4.69, 9.17) is 4.74 Å². The first-order chi connectivity index (χ1) is 13.7. The summed E-state index contributed by atoms with van der Waals surface area (Å²) in [6.45, 7) is 0.872. The zero-order chi connectivity index (χ0) is 19.8. The second-order valence-corrected chi connectivity index (χ2v) is 6.32. The summed E-state index contributed by atoms with van der Waals surface area (Å²) in [4.78, 5) is 31.5. The molecule has 3 aromatic rings. The number of hydrogen-bond donors (Lipinski definition) is 0. The highest BCUT2D eigenvalue weighted by Crippen LogP contribution is 2.16. The number of amides is 1. The number of nitrogens with zero attached hydrogens (tertiary/aromatic N) is 2. The molecule has 1 heterocycles. The van der Waals surface area contributed by atoms with Gasteiger partial charge < -0.3 is 9.64 Å². The SMILES string of the molecule is COC(=O)c1ccccc1C(=O)N(CCc1ccccc1)Cc1ccccn1. The molecule has 0 radical (unpaired) electrons. The molecule has 0 N–H and O–H groups in total. The van der Waals surface area contributed by atoms with Crippen molar-refractivity contribution in [2.24, 2.45) is 0 Å². The van der Waals surface area contributed by atoms with Crippen LogP contribution < -0.4 is 0 Å². The van der Waals surface area contributed by atoms with Gasteiger partial charge in [0.15, 0.2) is 0 Å². The second-order valence-electron chi connectivity index (χ2n) is 6.32. The Bertz CT molecular complexity index is 927. The summed E-state index contributed by atoms with van der Waals surface area (Å²) in [5.41, 5.74) is 2.53. The van der Waals surface area contributed by atoms with Crippen molar-refractivity contribution in [2.45, 2.75) is 13.0 Å². The standard InChI is InChI=1S/C23H22N2O3/c1-28-23(27)21-13-6-5-12-20(21)22(26)25(17-19-11-7-8-15-24-19)16-14-18-9-3-2-4-10-18/h2-13,15H,14,16-17H2,1H3. The van der Waals surface area contributed by atoms with Crippen molar-refractivity contribution >= 4 is 11.9 Å². The van der Waals surface area contributed by atoms with E-state index < -0.39 is 5.97 Å².